The van der Waals surface area contributed by atoms with E-state index >= 15 is 0 Å². The number of Topliss-reactive ketones (excluding diaryl/α,β-unsaturated/α-hetero) is 2. The second-order valence-corrected chi connectivity index (χ2v) is 13.0. The molecule has 0 bridgehead atoms. The summed E-state index contributed by atoms with van der Waals surface area (Å²) >= 11 is 0. The lowest BCUT2D eigenvalue weighted by Gasteiger charge is -2.39. The summed E-state index contributed by atoms with van der Waals surface area (Å²) in [5.41, 5.74) is 2.32. The fraction of sp³-hybridized carbons (Fsp3) is 0.293. The molecule has 53 heavy (non-hydrogen) atoms. The number of furan rings is 1. The molecule has 0 saturated carbocycles. The molecule has 1 fully saturated rings. The molecule has 1 aliphatic heterocycles. The van der Waals surface area contributed by atoms with E-state index in [0.717, 1.165) is 46.4 Å². The molecule has 5 aromatic rings. The van der Waals surface area contributed by atoms with E-state index in [2.05, 4.69) is 16.6 Å². The minimum Gasteiger partial charge on any atom is -0.457 e. The number of benzene rings is 3. The SMILES string of the molecule is C=CC(=O)Oc1ccc2c(c1)c1cc(C(=O)C(C)(C)N3CCOCC3)ccc1n2-c1ccc(C(=O)/C(COCCCC)=N/OC(=O)c2ccco2)cc1. The molecule has 0 amide bonds. The molecule has 0 N–H and O–H groups in total. The van der Waals surface area contributed by atoms with Crippen LogP contribution in [0.3, 0.4) is 0 Å². The van der Waals surface area contributed by atoms with Crippen LogP contribution in [0.15, 0.2) is 101 Å². The molecular weight excluding hydrogens is 678 g/mol. The highest BCUT2D eigenvalue weighted by molar-refractivity contribution is 6.46. The molecule has 0 atom stereocenters. The molecule has 1 saturated heterocycles. The third-order valence-corrected chi connectivity index (χ3v) is 9.23. The van der Waals surface area contributed by atoms with Gasteiger partial charge in [-0.3, -0.25) is 14.5 Å². The first-order valence-electron chi connectivity index (χ1n) is 17.5. The van der Waals surface area contributed by atoms with Gasteiger partial charge in [0.1, 0.15) is 5.75 Å². The fourth-order valence-electron chi connectivity index (χ4n) is 6.28. The van der Waals surface area contributed by atoms with Crippen LogP contribution in [0.25, 0.3) is 27.5 Å². The number of hydrogen-bond donors (Lipinski definition) is 0. The summed E-state index contributed by atoms with van der Waals surface area (Å²) in [4.78, 5) is 59.3. The lowest BCUT2D eigenvalue weighted by Crippen LogP contribution is -2.54. The first-order valence-corrected chi connectivity index (χ1v) is 17.5. The molecule has 6 rings (SSSR count). The van der Waals surface area contributed by atoms with E-state index in [4.69, 9.17) is 23.5 Å². The minimum absolute atomic E-state index is 0.0229. The van der Waals surface area contributed by atoms with Crippen molar-refractivity contribution in [3.05, 3.63) is 109 Å². The van der Waals surface area contributed by atoms with Gasteiger partial charge >= 0.3 is 11.9 Å². The summed E-state index contributed by atoms with van der Waals surface area (Å²) in [6.07, 6.45) is 4.13. The predicted octanol–water partition coefficient (Wildman–Crippen LogP) is 6.97. The van der Waals surface area contributed by atoms with Gasteiger partial charge in [-0.1, -0.05) is 25.1 Å². The van der Waals surface area contributed by atoms with Crippen molar-refractivity contribution in [1.82, 2.24) is 9.47 Å². The Kier molecular flexibility index (Phi) is 11.4. The lowest BCUT2D eigenvalue weighted by molar-refractivity contribution is -0.128. The minimum atomic E-state index is -0.840. The smallest absolute Gasteiger partial charge is 0.400 e. The van der Waals surface area contributed by atoms with E-state index in [1.165, 1.54) is 12.3 Å². The van der Waals surface area contributed by atoms with E-state index in [1.54, 1.807) is 42.5 Å². The second kappa shape index (κ2) is 16.3. The van der Waals surface area contributed by atoms with Gasteiger partial charge in [-0.2, -0.15) is 0 Å². The number of hydrogen-bond acceptors (Lipinski definition) is 11. The largest absolute Gasteiger partial charge is 0.457 e. The van der Waals surface area contributed by atoms with Crippen LogP contribution in [0.5, 0.6) is 5.75 Å². The van der Waals surface area contributed by atoms with Gasteiger partial charge in [-0.15, -0.1) is 0 Å². The highest BCUT2D eigenvalue weighted by Gasteiger charge is 2.36. The summed E-state index contributed by atoms with van der Waals surface area (Å²) in [7, 11) is 0. The van der Waals surface area contributed by atoms with Crippen LogP contribution in [0.4, 0.5) is 0 Å². The van der Waals surface area contributed by atoms with Crippen molar-refractivity contribution >= 4 is 51.0 Å². The van der Waals surface area contributed by atoms with Crippen LogP contribution in [0.1, 0.15) is 64.9 Å². The summed E-state index contributed by atoms with van der Waals surface area (Å²) in [6.45, 7) is 12.1. The third-order valence-electron chi connectivity index (χ3n) is 9.23. The Hall–Kier alpha value is -5.69. The van der Waals surface area contributed by atoms with E-state index in [1.807, 2.05) is 49.6 Å². The number of unbranched alkanes of at least 4 members (excludes halogenated alkanes) is 1. The summed E-state index contributed by atoms with van der Waals surface area (Å²) in [5, 5.41) is 5.39. The van der Waals surface area contributed by atoms with Gasteiger partial charge in [-0.25, -0.2) is 9.59 Å². The summed E-state index contributed by atoms with van der Waals surface area (Å²) in [6, 6.07) is 20.8. The quantitative estimate of drug-likeness (QED) is 0.0163. The van der Waals surface area contributed by atoms with Crippen LogP contribution in [-0.4, -0.2) is 83.7 Å². The fourth-order valence-corrected chi connectivity index (χ4v) is 6.28. The Balaban J connectivity index is 1.36. The molecule has 2 aromatic heterocycles. The summed E-state index contributed by atoms with van der Waals surface area (Å²) in [5.74, 6) is -1.65. The Bertz CT molecular complexity index is 2170. The Labute approximate surface area is 306 Å². The highest BCUT2D eigenvalue weighted by Crippen LogP contribution is 2.36. The third kappa shape index (κ3) is 8.05. The van der Waals surface area contributed by atoms with Crippen molar-refractivity contribution in [1.29, 1.82) is 0 Å². The molecule has 0 spiro atoms. The number of ether oxygens (including phenoxy) is 3. The van der Waals surface area contributed by atoms with Gasteiger partial charge < -0.3 is 28.0 Å². The number of aromatic nitrogens is 1. The maximum Gasteiger partial charge on any atom is 0.400 e. The Morgan fingerprint density at radius 1 is 0.925 bits per heavy atom. The molecule has 12 nitrogen and oxygen atoms in total. The van der Waals surface area contributed by atoms with Crippen molar-refractivity contribution in [2.24, 2.45) is 5.16 Å². The topological polar surface area (TPSA) is 139 Å². The highest BCUT2D eigenvalue weighted by atomic mass is 16.7. The van der Waals surface area contributed by atoms with Crippen molar-refractivity contribution in [2.75, 3.05) is 39.5 Å². The van der Waals surface area contributed by atoms with Crippen LogP contribution >= 0.6 is 0 Å². The maximum atomic E-state index is 14.0. The second-order valence-electron chi connectivity index (χ2n) is 13.0. The van der Waals surface area contributed by atoms with Crippen LogP contribution in [-0.2, 0) is 19.1 Å². The average Bonchev–Trinajstić information content (AvgIpc) is 3.84. The van der Waals surface area contributed by atoms with Crippen LogP contribution < -0.4 is 4.74 Å². The number of carbonyl (C=O) groups excluding carboxylic acids is 4. The number of morpholine rings is 1. The zero-order chi connectivity index (χ0) is 37.5. The van der Waals surface area contributed by atoms with Gasteiger partial charge in [0.25, 0.3) is 0 Å². The number of nitrogens with zero attached hydrogens (tertiary/aromatic N) is 3. The molecule has 0 aliphatic carbocycles. The van der Waals surface area contributed by atoms with Crippen LogP contribution in [0, 0.1) is 0 Å². The number of oxime groups is 1. The van der Waals surface area contributed by atoms with Gasteiger partial charge in [0.05, 0.1) is 42.7 Å². The molecule has 3 heterocycles. The number of esters is 1. The monoisotopic (exact) mass is 719 g/mol. The van der Waals surface area contributed by atoms with E-state index in [-0.39, 0.29) is 23.9 Å². The van der Waals surface area contributed by atoms with Gasteiger partial charge in [0.15, 0.2) is 11.5 Å². The molecule has 12 heteroatoms. The van der Waals surface area contributed by atoms with Crippen molar-refractivity contribution in [3.63, 3.8) is 0 Å². The summed E-state index contributed by atoms with van der Waals surface area (Å²) < 4.78 is 23.7. The number of fused-ring (bicyclic) bond motifs is 3. The van der Waals surface area contributed by atoms with Crippen molar-refractivity contribution in [3.8, 4) is 11.4 Å². The Morgan fingerprint density at radius 3 is 2.30 bits per heavy atom. The lowest BCUT2D eigenvalue weighted by atomic mass is 9.90. The van der Waals surface area contributed by atoms with E-state index in [9.17, 15) is 19.2 Å². The zero-order valence-corrected chi connectivity index (χ0v) is 30.0. The van der Waals surface area contributed by atoms with E-state index in [0.29, 0.717) is 49.8 Å². The Morgan fingerprint density at radius 2 is 1.62 bits per heavy atom. The molecular formula is C41H41N3O9. The predicted molar refractivity (Wildman–Crippen MR) is 199 cm³/mol. The first kappa shape index (κ1) is 37.1. The average molecular weight is 720 g/mol. The molecule has 274 valence electrons. The standard InChI is InChI=1S/C41H41N3O9/c1-5-7-20-50-26-33(42-53-40(48)36-9-8-21-51-36)38(46)27-10-13-29(14-11-27)44-34-16-12-28(39(47)41(3,4)43-18-22-49-23-19-43)24-31(34)32-25-30(15-17-35(32)44)52-37(45)6-2/h6,8-17,21,24-25H,2,5,7,18-20,22-23,26H2,1,3-4H3/b42-33+. The van der Waals surface area contributed by atoms with Crippen molar-refractivity contribution < 1.29 is 42.6 Å². The molecule has 3 aromatic carbocycles. The number of rotatable bonds is 15. The first-order chi connectivity index (χ1) is 25.6. The normalized spacial score (nSPS) is 14.0. The van der Waals surface area contributed by atoms with E-state index < -0.39 is 23.3 Å². The molecule has 0 unspecified atom stereocenters. The number of carbonyl (C=O) groups is 4. The zero-order valence-electron chi connectivity index (χ0n) is 30.0. The van der Waals surface area contributed by atoms with Gasteiger partial charge in [0.2, 0.25) is 11.5 Å². The maximum absolute atomic E-state index is 14.0. The molecule has 1 aliphatic rings. The van der Waals surface area contributed by atoms with Crippen LogP contribution in [0.2, 0.25) is 0 Å². The van der Waals surface area contributed by atoms with Gasteiger partial charge in [0, 0.05) is 53.4 Å². The number of ketones is 2. The molecule has 0 radical (unpaired) electrons. The van der Waals surface area contributed by atoms with Crippen molar-refractivity contribution in [2.45, 2.75) is 39.2 Å². The van der Waals surface area contributed by atoms with Gasteiger partial charge in [-0.05, 0) is 93.1 Å².